The normalized spacial score (nSPS) is 24.3. The Morgan fingerprint density at radius 3 is 2.56 bits per heavy atom. The molecule has 1 N–H and O–H groups in total. The average Bonchev–Trinajstić information content (AvgIpc) is 2.63. The van der Waals surface area contributed by atoms with Crippen molar-refractivity contribution in [1.29, 1.82) is 0 Å². The van der Waals surface area contributed by atoms with Crippen molar-refractivity contribution in [3.05, 3.63) is 17.6 Å². The van der Waals surface area contributed by atoms with Gasteiger partial charge in [-0.15, -0.1) is 0 Å². The van der Waals surface area contributed by atoms with Crippen LogP contribution in [-0.4, -0.2) is 59.5 Å². The molecule has 1 aromatic heterocycles. The van der Waals surface area contributed by atoms with Crippen LogP contribution in [0, 0.1) is 12.8 Å². The largest absolute Gasteiger partial charge is 0.354 e. The lowest BCUT2D eigenvalue weighted by atomic mass is 9.86. The molecule has 1 saturated carbocycles. The quantitative estimate of drug-likeness (QED) is 0.860. The molecule has 6 heteroatoms. The van der Waals surface area contributed by atoms with Gasteiger partial charge in [-0.05, 0) is 25.7 Å². The zero-order chi connectivity index (χ0) is 19.4. The molecule has 150 valence electrons. The molecule has 2 aliphatic rings. The van der Waals surface area contributed by atoms with Crippen LogP contribution in [0.3, 0.4) is 0 Å². The molecule has 0 aromatic carbocycles. The van der Waals surface area contributed by atoms with E-state index in [0.717, 1.165) is 49.9 Å². The Hall–Kier alpha value is -1.69. The minimum absolute atomic E-state index is 0.183. The molecule has 1 amide bonds. The Labute approximate surface area is 163 Å². The lowest BCUT2D eigenvalue weighted by molar-refractivity contribution is -0.123. The minimum Gasteiger partial charge on any atom is -0.354 e. The molecular weight excluding hydrogens is 338 g/mol. The summed E-state index contributed by atoms with van der Waals surface area (Å²) in [7, 11) is 0. The minimum atomic E-state index is 0.183. The Balaban J connectivity index is 1.49. The fraction of sp³-hybridized carbons (Fsp3) is 0.762. The number of amides is 1. The predicted molar refractivity (Wildman–Crippen MR) is 109 cm³/mol. The van der Waals surface area contributed by atoms with Crippen LogP contribution in [0.25, 0.3) is 0 Å². The van der Waals surface area contributed by atoms with Crippen LogP contribution in [-0.2, 0) is 4.79 Å². The van der Waals surface area contributed by atoms with Crippen molar-refractivity contribution in [1.82, 2.24) is 20.2 Å². The highest BCUT2D eigenvalue weighted by Gasteiger charge is 2.25. The summed E-state index contributed by atoms with van der Waals surface area (Å²) in [5.41, 5.74) is 1.02. The van der Waals surface area contributed by atoms with Crippen molar-refractivity contribution >= 4 is 11.7 Å². The van der Waals surface area contributed by atoms with Crippen LogP contribution in [0.5, 0.6) is 0 Å². The summed E-state index contributed by atoms with van der Waals surface area (Å²) in [4.78, 5) is 26.3. The summed E-state index contributed by atoms with van der Waals surface area (Å²) in [6.45, 7) is 12.7. The predicted octanol–water partition coefficient (Wildman–Crippen LogP) is 2.73. The number of hydrogen-bond acceptors (Lipinski definition) is 5. The summed E-state index contributed by atoms with van der Waals surface area (Å²) < 4.78 is 0. The monoisotopic (exact) mass is 373 g/mol. The Kier molecular flexibility index (Phi) is 6.68. The molecule has 2 heterocycles. The van der Waals surface area contributed by atoms with Crippen LogP contribution >= 0.6 is 0 Å². The molecule has 2 fully saturated rings. The van der Waals surface area contributed by atoms with Gasteiger partial charge in [0.2, 0.25) is 5.91 Å². The summed E-state index contributed by atoms with van der Waals surface area (Å²) in [5.74, 6) is 3.05. The van der Waals surface area contributed by atoms with Crippen molar-refractivity contribution < 1.29 is 4.79 Å². The molecule has 0 spiro atoms. The van der Waals surface area contributed by atoms with Gasteiger partial charge in [-0.2, -0.15) is 0 Å². The lowest BCUT2D eigenvalue weighted by Gasteiger charge is -2.36. The maximum absolute atomic E-state index is 12.5. The van der Waals surface area contributed by atoms with E-state index in [2.05, 4.69) is 46.9 Å². The molecule has 3 rings (SSSR count). The van der Waals surface area contributed by atoms with Crippen LogP contribution in [0.4, 0.5) is 5.82 Å². The number of nitrogens with zero attached hydrogens (tertiary/aromatic N) is 4. The molecule has 1 aromatic rings. The van der Waals surface area contributed by atoms with Crippen molar-refractivity contribution in [2.24, 2.45) is 5.92 Å². The maximum atomic E-state index is 12.5. The number of aryl methyl sites for hydroxylation is 1. The summed E-state index contributed by atoms with van der Waals surface area (Å²) in [6.07, 6.45) is 4.91. The number of nitrogens with one attached hydrogen (secondary N) is 1. The number of hydrogen-bond donors (Lipinski definition) is 1. The smallest absolute Gasteiger partial charge is 0.234 e. The molecule has 1 saturated heterocycles. The number of piperazine rings is 1. The van der Waals surface area contributed by atoms with E-state index >= 15 is 0 Å². The zero-order valence-electron chi connectivity index (χ0n) is 17.4. The van der Waals surface area contributed by atoms with Crippen molar-refractivity contribution in [2.75, 3.05) is 37.6 Å². The second-order valence-electron chi connectivity index (χ2n) is 8.58. The molecule has 1 aliphatic carbocycles. The van der Waals surface area contributed by atoms with E-state index in [9.17, 15) is 4.79 Å². The third-order valence-electron chi connectivity index (χ3n) is 5.90. The van der Waals surface area contributed by atoms with Crippen LogP contribution in [0.1, 0.15) is 63.9 Å². The van der Waals surface area contributed by atoms with Gasteiger partial charge in [-0.1, -0.05) is 33.6 Å². The average molecular weight is 374 g/mol. The Morgan fingerprint density at radius 1 is 1.19 bits per heavy atom. The van der Waals surface area contributed by atoms with Gasteiger partial charge in [0, 0.05) is 49.9 Å². The molecule has 1 aliphatic heterocycles. The number of carbonyl (C=O) groups is 1. The van der Waals surface area contributed by atoms with Gasteiger partial charge in [-0.25, -0.2) is 9.97 Å². The molecule has 2 unspecified atom stereocenters. The highest BCUT2D eigenvalue weighted by atomic mass is 16.2. The topological polar surface area (TPSA) is 61.4 Å². The number of rotatable bonds is 5. The lowest BCUT2D eigenvalue weighted by Crippen LogP contribution is -2.51. The SMILES string of the molecule is Cc1cc(N2CCN(CC(=O)NC3CCCCC3C)CC2)nc(C(C)C)n1. The van der Waals surface area contributed by atoms with Gasteiger partial charge < -0.3 is 10.2 Å². The molecule has 2 atom stereocenters. The van der Waals surface area contributed by atoms with E-state index in [1.54, 1.807) is 0 Å². The van der Waals surface area contributed by atoms with E-state index < -0.39 is 0 Å². The summed E-state index contributed by atoms with van der Waals surface area (Å²) in [6, 6.07) is 2.43. The highest BCUT2D eigenvalue weighted by Crippen LogP contribution is 2.23. The molecule has 27 heavy (non-hydrogen) atoms. The van der Waals surface area contributed by atoms with Gasteiger partial charge in [0.05, 0.1) is 6.54 Å². The second-order valence-corrected chi connectivity index (χ2v) is 8.58. The Morgan fingerprint density at radius 2 is 1.89 bits per heavy atom. The van der Waals surface area contributed by atoms with E-state index in [1.165, 1.54) is 19.3 Å². The third-order valence-corrected chi connectivity index (χ3v) is 5.90. The number of aromatic nitrogens is 2. The first-order valence-electron chi connectivity index (χ1n) is 10.5. The van der Waals surface area contributed by atoms with Crippen molar-refractivity contribution in [3.63, 3.8) is 0 Å². The number of anilines is 1. The Bertz CT molecular complexity index is 639. The van der Waals surface area contributed by atoms with Crippen molar-refractivity contribution in [3.8, 4) is 0 Å². The maximum Gasteiger partial charge on any atom is 0.234 e. The number of carbonyl (C=O) groups excluding carboxylic acids is 1. The first kappa shape index (κ1) is 20.1. The molecule has 0 radical (unpaired) electrons. The van der Waals surface area contributed by atoms with Gasteiger partial charge in [-0.3, -0.25) is 9.69 Å². The van der Waals surface area contributed by atoms with Crippen LogP contribution < -0.4 is 10.2 Å². The van der Waals surface area contributed by atoms with Crippen molar-refractivity contribution in [2.45, 2.75) is 65.3 Å². The molecule has 0 bridgehead atoms. The van der Waals surface area contributed by atoms with E-state index in [1.807, 2.05) is 6.92 Å². The van der Waals surface area contributed by atoms with Crippen LogP contribution in [0.15, 0.2) is 6.07 Å². The van der Waals surface area contributed by atoms with Gasteiger partial charge in [0.1, 0.15) is 11.6 Å². The highest BCUT2D eigenvalue weighted by molar-refractivity contribution is 5.78. The first-order valence-corrected chi connectivity index (χ1v) is 10.5. The zero-order valence-corrected chi connectivity index (χ0v) is 17.4. The van der Waals surface area contributed by atoms with E-state index in [4.69, 9.17) is 4.98 Å². The second kappa shape index (κ2) is 9.00. The standard InChI is InChI=1S/C21H35N5O/c1-15(2)21-22-17(4)13-19(24-21)26-11-9-25(10-12-26)14-20(27)23-18-8-6-5-7-16(18)3/h13,15-16,18H,5-12,14H2,1-4H3,(H,23,27). The van der Waals surface area contributed by atoms with Gasteiger partial charge in [0.15, 0.2) is 0 Å². The van der Waals surface area contributed by atoms with Gasteiger partial charge >= 0.3 is 0 Å². The van der Waals surface area contributed by atoms with E-state index in [0.29, 0.717) is 24.4 Å². The summed E-state index contributed by atoms with van der Waals surface area (Å²) >= 11 is 0. The third kappa shape index (κ3) is 5.41. The molecular formula is C21H35N5O. The van der Waals surface area contributed by atoms with E-state index in [-0.39, 0.29) is 5.91 Å². The first-order chi connectivity index (χ1) is 12.9. The van der Waals surface area contributed by atoms with Gasteiger partial charge in [0.25, 0.3) is 0 Å². The van der Waals surface area contributed by atoms with Crippen LogP contribution in [0.2, 0.25) is 0 Å². The summed E-state index contributed by atoms with van der Waals surface area (Å²) in [5, 5.41) is 3.27. The molecule has 6 nitrogen and oxygen atoms in total. The fourth-order valence-corrected chi connectivity index (χ4v) is 4.12. The fourth-order valence-electron chi connectivity index (χ4n) is 4.12.